The topological polar surface area (TPSA) is 91.2 Å². The summed E-state index contributed by atoms with van der Waals surface area (Å²) in [5.74, 6) is 0.609. The monoisotopic (exact) mass is 361 g/mol. The van der Waals surface area contributed by atoms with Crippen molar-refractivity contribution in [3.8, 4) is 17.2 Å². The number of hydrogen-bond donors (Lipinski definition) is 1. The van der Waals surface area contributed by atoms with Crippen molar-refractivity contribution in [1.29, 1.82) is 0 Å². The van der Waals surface area contributed by atoms with Gasteiger partial charge in [-0.3, -0.25) is 14.0 Å². The fourth-order valence-electron chi connectivity index (χ4n) is 2.33. The van der Waals surface area contributed by atoms with Crippen LogP contribution in [0.25, 0.3) is 4.96 Å². The van der Waals surface area contributed by atoms with E-state index in [1.165, 1.54) is 43.3 Å². The van der Waals surface area contributed by atoms with Gasteiger partial charge in [-0.1, -0.05) is 0 Å². The molecule has 2 aromatic heterocycles. The van der Waals surface area contributed by atoms with Crippen molar-refractivity contribution < 1.29 is 19.0 Å². The Labute approximate surface area is 146 Å². The summed E-state index contributed by atoms with van der Waals surface area (Å²) in [6.45, 7) is 0. The van der Waals surface area contributed by atoms with Gasteiger partial charge in [0.15, 0.2) is 16.5 Å². The molecule has 2 heterocycles. The molecule has 0 aliphatic rings. The highest BCUT2D eigenvalue weighted by Crippen LogP contribution is 2.39. The molecule has 8 nitrogen and oxygen atoms in total. The van der Waals surface area contributed by atoms with Crippen LogP contribution >= 0.6 is 11.3 Å². The molecule has 1 amide bonds. The minimum absolute atomic E-state index is 0.0651. The molecule has 1 aromatic carbocycles. The Morgan fingerprint density at radius 2 is 1.84 bits per heavy atom. The molecule has 0 aliphatic heterocycles. The zero-order chi connectivity index (χ0) is 18.0. The number of rotatable bonds is 5. The SMILES string of the molecule is COc1cc(NC(=O)c2cnc3sccn3c2=O)cc(OC)c1OC. The third-order valence-electron chi connectivity index (χ3n) is 3.51. The molecule has 0 spiro atoms. The second-order valence-corrected chi connectivity index (χ2v) is 5.77. The van der Waals surface area contributed by atoms with Gasteiger partial charge in [0.1, 0.15) is 5.56 Å². The number of nitrogens with zero attached hydrogens (tertiary/aromatic N) is 2. The van der Waals surface area contributed by atoms with Crippen LogP contribution < -0.4 is 25.1 Å². The summed E-state index contributed by atoms with van der Waals surface area (Å²) >= 11 is 1.31. The van der Waals surface area contributed by atoms with E-state index in [1.54, 1.807) is 23.7 Å². The molecule has 0 saturated carbocycles. The summed E-state index contributed by atoms with van der Waals surface area (Å²) in [4.78, 5) is 29.5. The van der Waals surface area contributed by atoms with Gasteiger partial charge in [0, 0.05) is 35.6 Å². The number of amides is 1. The Kier molecular flexibility index (Phi) is 4.57. The number of thiazole rings is 1. The molecule has 3 aromatic rings. The van der Waals surface area contributed by atoms with Crippen LogP contribution in [0.2, 0.25) is 0 Å². The largest absolute Gasteiger partial charge is 0.493 e. The number of nitrogens with one attached hydrogen (secondary N) is 1. The second-order valence-electron chi connectivity index (χ2n) is 4.90. The summed E-state index contributed by atoms with van der Waals surface area (Å²) in [6.07, 6.45) is 2.84. The van der Waals surface area contributed by atoms with Crippen LogP contribution in [-0.2, 0) is 0 Å². The summed E-state index contributed by atoms with van der Waals surface area (Å²) in [6, 6.07) is 3.15. The Morgan fingerprint density at radius 1 is 1.16 bits per heavy atom. The van der Waals surface area contributed by atoms with Crippen LogP contribution in [0.15, 0.2) is 34.7 Å². The zero-order valence-corrected chi connectivity index (χ0v) is 14.5. The van der Waals surface area contributed by atoms with Crippen LogP contribution in [-0.4, -0.2) is 36.6 Å². The van der Waals surface area contributed by atoms with Gasteiger partial charge in [-0.05, 0) is 0 Å². The molecule has 0 fully saturated rings. The fraction of sp³-hybridized carbons (Fsp3) is 0.188. The predicted octanol–water partition coefficient (Wildman–Crippen LogP) is 2.03. The smallest absolute Gasteiger partial charge is 0.271 e. The van der Waals surface area contributed by atoms with Crippen LogP contribution in [0.4, 0.5) is 5.69 Å². The second kappa shape index (κ2) is 6.81. The molecule has 0 saturated heterocycles. The molecule has 130 valence electrons. The number of carbonyl (C=O) groups excluding carboxylic acids is 1. The van der Waals surface area contributed by atoms with E-state index in [0.717, 1.165) is 0 Å². The van der Waals surface area contributed by atoms with Crippen molar-refractivity contribution in [3.05, 3.63) is 45.8 Å². The Morgan fingerprint density at radius 3 is 2.44 bits per heavy atom. The highest BCUT2D eigenvalue weighted by molar-refractivity contribution is 7.15. The molecule has 3 rings (SSSR count). The number of methoxy groups -OCH3 is 3. The summed E-state index contributed by atoms with van der Waals surface area (Å²) < 4.78 is 17.1. The standard InChI is InChI=1S/C16H15N3O5S/c1-22-11-6-9(7-12(23-2)13(11)24-3)18-14(20)10-8-17-16-19(15(10)21)4-5-25-16/h4-8H,1-3H3,(H,18,20). The van der Waals surface area contributed by atoms with Crippen molar-refractivity contribution in [2.45, 2.75) is 0 Å². The Balaban J connectivity index is 1.97. The summed E-state index contributed by atoms with van der Waals surface area (Å²) in [5.41, 5.74) is -0.102. The van der Waals surface area contributed by atoms with Crippen molar-refractivity contribution in [3.63, 3.8) is 0 Å². The molecule has 9 heteroatoms. The number of ether oxygens (including phenoxy) is 3. The lowest BCUT2D eigenvalue weighted by atomic mass is 10.2. The molecular formula is C16H15N3O5S. The maximum atomic E-state index is 12.5. The van der Waals surface area contributed by atoms with Crippen LogP contribution in [0.1, 0.15) is 10.4 Å². The van der Waals surface area contributed by atoms with Crippen molar-refractivity contribution in [1.82, 2.24) is 9.38 Å². The molecule has 0 bridgehead atoms. The van der Waals surface area contributed by atoms with Crippen LogP contribution in [0.5, 0.6) is 17.2 Å². The number of carbonyl (C=O) groups is 1. The van der Waals surface area contributed by atoms with Crippen molar-refractivity contribution in [2.75, 3.05) is 26.6 Å². The van der Waals surface area contributed by atoms with Gasteiger partial charge >= 0.3 is 0 Å². The first-order valence-electron chi connectivity index (χ1n) is 7.15. The lowest BCUT2D eigenvalue weighted by Crippen LogP contribution is -2.25. The van der Waals surface area contributed by atoms with Crippen molar-refractivity contribution >= 4 is 27.9 Å². The normalized spacial score (nSPS) is 10.5. The van der Waals surface area contributed by atoms with E-state index in [-0.39, 0.29) is 5.56 Å². The molecule has 0 unspecified atom stereocenters. The maximum Gasteiger partial charge on any atom is 0.271 e. The Bertz CT molecular complexity index is 970. The zero-order valence-electron chi connectivity index (χ0n) is 13.7. The molecule has 0 aliphatic carbocycles. The fourth-order valence-corrected chi connectivity index (χ4v) is 3.01. The van der Waals surface area contributed by atoms with Crippen molar-refractivity contribution in [2.24, 2.45) is 0 Å². The number of hydrogen-bond acceptors (Lipinski definition) is 7. The summed E-state index contributed by atoms with van der Waals surface area (Å²) in [7, 11) is 4.44. The van der Waals surface area contributed by atoms with Gasteiger partial charge in [0.25, 0.3) is 11.5 Å². The lowest BCUT2D eigenvalue weighted by Gasteiger charge is -2.14. The lowest BCUT2D eigenvalue weighted by molar-refractivity contribution is 0.102. The third kappa shape index (κ3) is 3.01. The summed E-state index contributed by atoms with van der Waals surface area (Å²) in [5, 5.41) is 4.38. The van der Waals surface area contributed by atoms with Gasteiger partial charge in [0.2, 0.25) is 5.75 Å². The van der Waals surface area contributed by atoms with Crippen LogP contribution in [0.3, 0.4) is 0 Å². The maximum absolute atomic E-state index is 12.5. The van der Waals surface area contributed by atoms with E-state index in [0.29, 0.717) is 27.9 Å². The van der Waals surface area contributed by atoms with Gasteiger partial charge in [-0.2, -0.15) is 0 Å². The van der Waals surface area contributed by atoms with E-state index in [1.807, 2.05) is 0 Å². The molecule has 0 radical (unpaired) electrons. The van der Waals surface area contributed by atoms with E-state index in [2.05, 4.69) is 10.3 Å². The molecule has 1 N–H and O–H groups in total. The predicted molar refractivity (Wildman–Crippen MR) is 93.4 cm³/mol. The minimum atomic E-state index is -0.577. The first kappa shape index (κ1) is 16.8. The number of anilines is 1. The number of fused-ring (bicyclic) bond motifs is 1. The van der Waals surface area contributed by atoms with E-state index >= 15 is 0 Å². The van der Waals surface area contributed by atoms with Gasteiger partial charge < -0.3 is 19.5 Å². The highest BCUT2D eigenvalue weighted by atomic mass is 32.1. The van der Waals surface area contributed by atoms with Gasteiger partial charge in [-0.15, -0.1) is 11.3 Å². The van der Waals surface area contributed by atoms with Crippen LogP contribution in [0, 0.1) is 0 Å². The average molecular weight is 361 g/mol. The number of benzene rings is 1. The van der Waals surface area contributed by atoms with E-state index in [4.69, 9.17) is 14.2 Å². The van der Waals surface area contributed by atoms with Gasteiger partial charge in [-0.25, -0.2) is 4.98 Å². The highest BCUT2D eigenvalue weighted by Gasteiger charge is 2.17. The first-order chi connectivity index (χ1) is 12.1. The minimum Gasteiger partial charge on any atom is -0.493 e. The molecular weight excluding hydrogens is 346 g/mol. The third-order valence-corrected chi connectivity index (χ3v) is 4.28. The molecule has 0 atom stereocenters. The average Bonchev–Trinajstić information content (AvgIpc) is 3.10. The Hall–Kier alpha value is -3.07. The first-order valence-corrected chi connectivity index (χ1v) is 8.03. The van der Waals surface area contributed by atoms with E-state index in [9.17, 15) is 9.59 Å². The number of aromatic nitrogens is 2. The quantitative estimate of drug-likeness (QED) is 0.748. The van der Waals surface area contributed by atoms with E-state index < -0.39 is 11.5 Å². The molecule has 25 heavy (non-hydrogen) atoms. The van der Waals surface area contributed by atoms with Gasteiger partial charge in [0.05, 0.1) is 21.3 Å².